The SMILES string of the molecule is CC[N-]C[N-]C.[Cr].[Cr]. The normalized spacial score (nSPS) is 6.75. The van der Waals surface area contributed by atoms with Gasteiger partial charge in [0, 0.05) is 34.7 Å². The van der Waals surface area contributed by atoms with E-state index in [-0.39, 0.29) is 34.7 Å². The molecule has 0 aromatic carbocycles. The molecule has 8 heavy (non-hydrogen) atoms. The number of hydrogen-bond donors (Lipinski definition) is 0. The van der Waals surface area contributed by atoms with Crippen LogP contribution in [0.5, 0.6) is 0 Å². The second-order valence-corrected chi connectivity index (χ2v) is 0.997. The first-order valence-electron chi connectivity index (χ1n) is 2.10. The van der Waals surface area contributed by atoms with Crippen molar-refractivity contribution in [2.24, 2.45) is 0 Å². The summed E-state index contributed by atoms with van der Waals surface area (Å²) in [6.45, 7) is 3.55. The predicted octanol–water partition coefficient (Wildman–Crippen LogP) is 1.34. The van der Waals surface area contributed by atoms with Gasteiger partial charge in [-0.15, -0.1) is 0 Å². The maximum absolute atomic E-state index is 3.92. The van der Waals surface area contributed by atoms with E-state index < -0.39 is 0 Å². The predicted molar refractivity (Wildman–Crippen MR) is 28.0 cm³/mol. The third-order valence-electron chi connectivity index (χ3n) is 0.465. The molecule has 0 saturated heterocycles. The van der Waals surface area contributed by atoms with Gasteiger partial charge in [-0.05, 0) is 0 Å². The van der Waals surface area contributed by atoms with Crippen molar-refractivity contribution in [1.82, 2.24) is 0 Å². The Morgan fingerprint density at radius 3 is 1.88 bits per heavy atom. The van der Waals surface area contributed by atoms with E-state index in [2.05, 4.69) is 10.6 Å². The first-order valence-corrected chi connectivity index (χ1v) is 2.10. The summed E-state index contributed by atoms with van der Waals surface area (Å²) in [7, 11) is 1.76. The molecule has 0 saturated carbocycles. The average Bonchev–Trinajstić information content (AvgIpc) is 1.61. The molecule has 0 radical (unpaired) electrons. The van der Waals surface area contributed by atoms with Gasteiger partial charge in [0.05, 0.1) is 0 Å². The Morgan fingerprint density at radius 2 is 1.75 bits per heavy atom. The van der Waals surface area contributed by atoms with Crippen molar-refractivity contribution in [3.8, 4) is 0 Å². The van der Waals surface area contributed by atoms with Crippen molar-refractivity contribution in [1.29, 1.82) is 0 Å². The van der Waals surface area contributed by atoms with Crippen LogP contribution in [0.1, 0.15) is 6.92 Å². The third kappa shape index (κ3) is 15.8. The number of hydrogen-bond acceptors (Lipinski definition) is 0. The van der Waals surface area contributed by atoms with Crippen LogP contribution in [0.15, 0.2) is 0 Å². The van der Waals surface area contributed by atoms with Gasteiger partial charge in [-0.1, -0.05) is 6.92 Å². The Bertz CT molecular complexity index is 24.0. The minimum Gasteiger partial charge on any atom is -0.683 e. The fraction of sp³-hybridized carbons (Fsp3) is 1.00. The molecule has 4 heteroatoms. The van der Waals surface area contributed by atoms with E-state index in [9.17, 15) is 0 Å². The molecule has 0 unspecified atom stereocenters. The molecule has 0 fully saturated rings. The van der Waals surface area contributed by atoms with E-state index in [0.29, 0.717) is 6.67 Å². The largest absolute Gasteiger partial charge is 0.683 e. The molecule has 2 nitrogen and oxygen atoms in total. The van der Waals surface area contributed by atoms with Crippen LogP contribution in [-0.4, -0.2) is 20.3 Å². The van der Waals surface area contributed by atoms with Gasteiger partial charge >= 0.3 is 0 Å². The van der Waals surface area contributed by atoms with Crippen LogP contribution in [0, 0.1) is 0 Å². The molecule has 0 aliphatic rings. The first kappa shape index (κ1) is 16.0. The molecule has 50 valence electrons. The molecule has 0 rings (SSSR count). The van der Waals surface area contributed by atoms with Crippen LogP contribution in [-0.2, 0) is 34.7 Å². The maximum Gasteiger partial charge on any atom is 0 e. The zero-order valence-electron chi connectivity index (χ0n) is 5.13. The zero-order chi connectivity index (χ0) is 4.83. The smallest absolute Gasteiger partial charge is 0 e. The summed E-state index contributed by atoms with van der Waals surface area (Å²) in [6, 6.07) is 0. The minimum absolute atomic E-state index is 0. The molecular weight excluding hydrogens is 180 g/mol. The first-order chi connectivity index (χ1) is 2.91. The average molecular weight is 190 g/mol. The second kappa shape index (κ2) is 15.7. The summed E-state index contributed by atoms with van der Waals surface area (Å²) >= 11 is 0. The van der Waals surface area contributed by atoms with Crippen LogP contribution >= 0.6 is 0 Å². The summed E-state index contributed by atoms with van der Waals surface area (Å²) in [5, 5.41) is 7.68. The van der Waals surface area contributed by atoms with Gasteiger partial charge in [-0.25, -0.2) is 0 Å². The molecular formula is C4H10Cr2N2-2. The van der Waals surface area contributed by atoms with E-state index in [4.69, 9.17) is 0 Å². The third-order valence-corrected chi connectivity index (χ3v) is 0.465. The molecule has 0 N–H and O–H groups in total. The monoisotopic (exact) mass is 190 g/mol. The molecule has 0 heterocycles. The summed E-state index contributed by atoms with van der Waals surface area (Å²) in [5.41, 5.74) is 0. The number of nitrogens with zero attached hydrogens (tertiary/aromatic N) is 2. The van der Waals surface area contributed by atoms with Gasteiger partial charge < -0.3 is 10.6 Å². The van der Waals surface area contributed by atoms with Crippen molar-refractivity contribution in [3.63, 3.8) is 0 Å². The summed E-state index contributed by atoms with van der Waals surface area (Å²) in [4.78, 5) is 0. The van der Waals surface area contributed by atoms with Crippen molar-refractivity contribution in [3.05, 3.63) is 10.6 Å². The minimum atomic E-state index is 0. The quantitative estimate of drug-likeness (QED) is 0.601. The summed E-state index contributed by atoms with van der Waals surface area (Å²) in [6.07, 6.45) is 0. The summed E-state index contributed by atoms with van der Waals surface area (Å²) in [5.74, 6) is 0. The molecule has 0 aliphatic carbocycles. The van der Waals surface area contributed by atoms with E-state index in [1.807, 2.05) is 6.92 Å². The summed E-state index contributed by atoms with van der Waals surface area (Å²) < 4.78 is 0. The molecule has 0 bridgehead atoms. The Kier molecular flexibility index (Phi) is 31.3. The van der Waals surface area contributed by atoms with E-state index in [1.54, 1.807) is 7.05 Å². The zero-order valence-corrected chi connectivity index (χ0v) is 7.68. The standard InChI is InChI=1S/C4H10N2.2Cr/c1-3-6-4-5-2;;/h3-4H2,1-2H3;;/q-2;;. The molecule has 0 amide bonds. The molecule has 0 aliphatic heterocycles. The fourth-order valence-electron chi connectivity index (χ4n) is 0.200. The van der Waals surface area contributed by atoms with Crippen molar-refractivity contribution in [2.75, 3.05) is 20.3 Å². The van der Waals surface area contributed by atoms with E-state index in [0.717, 1.165) is 6.54 Å². The van der Waals surface area contributed by atoms with E-state index >= 15 is 0 Å². The molecule has 0 spiro atoms. The number of rotatable bonds is 3. The van der Waals surface area contributed by atoms with Crippen molar-refractivity contribution >= 4 is 0 Å². The van der Waals surface area contributed by atoms with Gasteiger partial charge in [0.1, 0.15) is 0 Å². The maximum atomic E-state index is 3.92. The van der Waals surface area contributed by atoms with Crippen LogP contribution in [0.3, 0.4) is 0 Å². The van der Waals surface area contributed by atoms with Crippen LogP contribution < -0.4 is 0 Å². The van der Waals surface area contributed by atoms with Crippen molar-refractivity contribution in [2.45, 2.75) is 6.92 Å². The Hall–Kier alpha value is 0.985. The Morgan fingerprint density at radius 1 is 1.25 bits per heavy atom. The Labute approximate surface area is 72.7 Å². The van der Waals surface area contributed by atoms with Gasteiger partial charge in [0.25, 0.3) is 0 Å². The Balaban J connectivity index is -0.000000125. The van der Waals surface area contributed by atoms with Gasteiger partial charge in [-0.2, -0.15) is 13.6 Å². The van der Waals surface area contributed by atoms with Gasteiger partial charge in [0.2, 0.25) is 0 Å². The molecule has 0 aromatic rings. The van der Waals surface area contributed by atoms with Gasteiger partial charge in [0.15, 0.2) is 0 Å². The van der Waals surface area contributed by atoms with Crippen LogP contribution in [0.2, 0.25) is 0 Å². The fourth-order valence-corrected chi connectivity index (χ4v) is 0.200. The van der Waals surface area contributed by atoms with Crippen molar-refractivity contribution < 1.29 is 34.7 Å². The molecule has 0 atom stereocenters. The second-order valence-electron chi connectivity index (χ2n) is 0.997. The molecule has 0 aromatic heterocycles. The van der Waals surface area contributed by atoms with E-state index in [1.165, 1.54) is 0 Å². The van der Waals surface area contributed by atoms with Crippen LogP contribution in [0.25, 0.3) is 10.6 Å². The van der Waals surface area contributed by atoms with Crippen LogP contribution in [0.4, 0.5) is 0 Å². The topological polar surface area (TPSA) is 28.2 Å². The van der Waals surface area contributed by atoms with Gasteiger partial charge in [-0.3, -0.25) is 6.67 Å².